The van der Waals surface area contributed by atoms with Crippen LogP contribution in [0.15, 0.2) is 66.9 Å². The summed E-state index contributed by atoms with van der Waals surface area (Å²) in [6.45, 7) is 2.24. The van der Waals surface area contributed by atoms with Crippen LogP contribution in [0.2, 0.25) is 0 Å². The van der Waals surface area contributed by atoms with Crippen LogP contribution in [0, 0.1) is 5.82 Å². The summed E-state index contributed by atoms with van der Waals surface area (Å²) in [6, 6.07) is 18.3. The van der Waals surface area contributed by atoms with Gasteiger partial charge < -0.3 is 4.74 Å². The van der Waals surface area contributed by atoms with Gasteiger partial charge in [0.05, 0.1) is 24.8 Å². The molecule has 0 aliphatic carbocycles. The Labute approximate surface area is 158 Å². The number of pyridine rings is 1. The third-order valence-corrected chi connectivity index (χ3v) is 5.59. The molecule has 3 heterocycles. The van der Waals surface area contributed by atoms with Gasteiger partial charge in [-0.15, -0.1) is 0 Å². The van der Waals surface area contributed by atoms with E-state index in [0.29, 0.717) is 24.3 Å². The number of ether oxygens (including phenoxy) is 1. The Kier molecular flexibility index (Phi) is 4.23. The van der Waals surface area contributed by atoms with Gasteiger partial charge in [-0.25, -0.2) is 4.39 Å². The first-order valence-electron chi connectivity index (χ1n) is 9.41. The Balaban J connectivity index is 1.49. The summed E-state index contributed by atoms with van der Waals surface area (Å²) < 4.78 is 20.6. The van der Waals surface area contributed by atoms with Gasteiger partial charge in [0.1, 0.15) is 5.82 Å². The van der Waals surface area contributed by atoms with Gasteiger partial charge in [0.15, 0.2) is 0 Å². The average Bonchev–Trinajstić information content (AvgIpc) is 2.68. The molecule has 0 amide bonds. The zero-order chi connectivity index (χ0) is 18.2. The summed E-state index contributed by atoms with van der Waals surface area (Å²) >= 11 is 0. The number of hydrogen-bond acceptors (Lipinski definition) is 3. The number of benzene rings is 2. The number of aromatic nitrogens is 1. The minimum atomic E-state index is -0.192. The second-order valence-electron chi connectivity index (χ2n) is 7.34. The fourth-order valence-electron chi connectivity index (χ4n) is 4.24. The molecule has 0 spiro atoms. The molecule has 27 heavy (non-hydrogen) atoms. The maximum Gasteiger partial charge on any atom is 0.132 e. The lowest BCUT2D eigenvalue weighted by molar-refractivity contribution is -0.0403. The van der Waals surface area contributed by atoms with Crippen molar-refractivity contribution in [1.82, 2.24) is 9.88 Å². The molecule has 2 unspecified atom stereocenters. The molecule has 136 valence electrons. The van der Waals surface area contributed by atoms with Crippen molar-refractivity contribution in [3.63, 3.8) is 0 Å². The Bertz CT molecular complexity index is 1000. The van der Waals surface area contributed by atoms with Crippen LogP contribution in [0.25, 0.3) is 16.5 Å². The van der Waals surface area contributed by atoms with Crippen molar-refractivity contribution in [3.05, 3.63) is 83.8 Å². The maximum atomic E-state index is 14.8. The van der Waals surface area contributed by atoms with E-state index in [1.807, 2.05) is 24.3 Å². The molecular formula is C23H21FN2O. The molecule has 2 atom stereocenters. The fourth-order valence-corrected chi connectivity index (χ4v) is 4.24. The molecule has 4 heteroatoms. The highest BCUT2D eigenvalue weighted by Gasteiger charge is 2.35. The lowest BCUT2D eigenvalue weighted by Gasteiger charge is -2.45. The van der Waals surface area contributed by atoms with E-state index in [1.165, 1.54) is 5.56 Å². The van der Waals surface area contributed by atoms with Crippen LogP contribution in [0.1, 0.15) is 17.5 Å². The van der Waals surface area contributed by atoms with Crippen molar-refractivity contribution >= 4 is 16.5 Å². The molecule has 1 fully saturated rings. The van der Waals surface area contributed by atoms with E-state index in [0.717, 1.165) is 23.9 Å². The highest BCUT2D eigenvalue weighted by molar-refractivity contribution is 5.84. The summed E-state index contributed by atoms with van der Waals surface area (Å²) in [4.78, 5) is 6.75. The van der Waals surface area contributed by atoms with E-state index >= 15 is 0 Å². The molecule has 3 aromatic rings. The van der Waals surface area contributed by atoms with E-state index in [1.54, 1.807) is 12.3 Å². The summed E-state index contributed by atoms with van der Waals surface area (Å²) in [5.41, 5.74) is 3.78. The molecule has 2 aliphatic heterocycles. The first kappa shape index (κ1) is 16.6. The largest absolute Gasteiger partial charge is 0.378 e. The number of rotatable bonds is 3. The molecule has 1 aromatic heterocycles. The van der Waals surface area contributed by atoms with Crippen molar-refractivity contribution in [3.8, 4) is 0 Å². The van der Waals surface area contributed by atoms with Crippen LogP contribution in [-0.4, -0.2) is 35.2 Å². The van der Waals surface area contributed by atoms with E-state index in [-0.39, 0.29) is 17.9 Å². The zero-order valence-electron chi connectivity index (χ0n) is 15.0. The van der Waals surface area contributed by atoms with Gasteiger partial charge in [0.2, 0.25) is 0 Å². The third kappa shape index (κ3) is 3.15. The number of hydrogen-bond donors (Lipinski definition) is 0. The normalized spacial score (nSPS) is 22.6. The van der Waals surface area contributed by atoms with E-state index in [9.17, 15) is 4.39 Å². The second-order valence-corrected chi connectivity index (χ2v) is 7.34. The number of nitrogens with zero attached hydrogens (tertiary/aromatic N) is 2. The summed E-state index contributed by atoms with van der Waals surface area (Å²) in [5.74, 6) is -0.192. The van der Waals surface area contributed by atoms with Crippen LogP contribution in [0.5, 0.6) is 0 Å². The molecule has 3 nitrogen and oxygen atoms in total. The van der Waals surface area contributed by atoms with Crippen LogP contribution < -0.4 is 0 Å². The predicted molar refractivity (Wildman–Crippen MR) is 105 cm³/mol. The van der Waals surface area contributed by atoms with E-state index < -0.39 is 0 Å². The average molecular weight is 360 g/mol. The molecular weight excluding hydrogens is 339 g/mol. The predicted octanol–water partition coefficient (Wildman–Crippen LogP) is 4.43. The van der Waals surface area contributed by atoms with Crippen molar-refractivity contribution < 1.29 is 9.13 Å². The summed E-state index contributed by atoms with van der Waals surface area (Å²) in [6.07, 6.45) is 4.69. The number of morpholine rings is 1. The van der Waals surface area contributed by atoms with Crippen molar-refractivity contribution in [2.75, 3.05) is 13.2 Å². The van der Waals surface area contributed by atoms with Crippen LogP contribution >= 0.6 is 0 Å². The first-order valence-corrected chi connectivity index (χ1v) is 9.41. The van der Waals surface area contributed by atoms with Gasteiger partial charge in [-0.05, 0) is 29.7 Å². The minimum Gasteiger partial charge on any atom is -0.378 e. The van der Waals surface area contributed by atoms with Gasteiger partial charge in [0.25, 0.3) is 0 Å². The molecule has 5 rings (SSSR count). The second kappa shape index (κ2) is 6.87. The lowest BCUT2D eigenvalue weighted by Crippen LogP contribution is -2.53. The summed E-state index contributed by atoms with van der Waals surface area (Å²) in [5, 5.41) is 0.975. The van der Waals surface area contributed by atoms with Gasteiger partial charge in [-0.3, -0.25) is 9.88 Å². The number of halogens is 1. The smallest absolute Gasteiger partial charge is 0.132 e. The topological polar surface area (TPSA) is 25.4 Å². The monoisotopic (exact) mass is 360 g/mol. The standard InChI is InChI=1S/C23H21FN2O/c24-22-12-23-17(7-4-8-25-23)11-21(22)18-9-19-14-27-15-20(10-18)26(19)13-16-5-2-1-3-6-16/h1-9,11-12,19-20H,10,13-15H2. The molecule has 2 bridgehead atoms. The highest BCUT2D eigenvalue weighted by atomic mass is 19.1. The van der Waals surface area contributed by atoms with E-state index in [4.69, 9.17) is 4.74 Å². The van der Waals surface area contributed by atoms with Gasteiger partial charge in [-0.2, -0.15) is 0 Å². The number of fused-ring (bicyclic) bond motifs is 3. The van der Waals surface area contributed by atoms with Crippen molar-refractivity contribution in [1.29, 1.82) is 0 Å². The minimum absolute atomic E-state index is 0.178. The highest BCUT2D eigenvalue weighted by Crippen LogP contribution is 2.35. The first-order chi connectivity index (χ1) is 13.3. The molecule has 0 radical (unpaired) electrons. The quantitative estimate of drug-likeness (QED) is 0.691. The van der Waals surface area contributed by atoms with Gasteiger partial charge >= 0.3 is 0 Å². The fraction of sp³-hybridized carbons (Fsp3) is 0.261. The zero-order valence-corrected chi connectivity index (χ0v) is 15.0. The SMILES string of the molecule is Fc1cc2ncccc2cc1C1=CC2COCC(C1)N2Cc1ccccc1. The Morgan fingerprint density at radius 3 is 2.81 bits per heavy atom. The molecule has 1 saturated heterocycles. The molecule has 2 aromatic carbocycles. The van der Waals surface area contributed by atoms with Gasteiger partial charge in [-0.1, -0.05) is 42.5 Å². The molecule has 2 aliphatic rings. The Morgan fingerprint density at radius 1 is 1.07 bits per heavy atom. The lowest BCUT2D eigenvalue weighted by atomic mass is 9.88. The molecule has 0 saturated carbocycles. The van der Waals surface area contributed by atoms with Crippen molar-refractivity contribution in [2.24, 2.45) is 0 Å². The third-order valence-electron chi connectivity index (χ3n) is 5.59. The Hall–Kier alpha value is -2.56. The van der Waals surface area contributed by atoms with E-state index in [2.05, 4.69) is 40.2 Å². The van der Waals surface area contributed by atoms with Crippen LogP contribution in [0.3, 0.4) is 0 Å². The van der Waals surface area contributed by atoms with Crippen molar-refractivity contribution in [2.45, 2.75) is 25.0 Å². The van der Waals surface area contributed by atoms with Crippen LogP contribution in [0.4, 0.5) is 4.39 Å². The Morgan fingerprint density at radius 2 is 1.96 bits per heavy atom. The molecule has 0 N–H and O–H groups in total. The summed E-state index contributed by atoms with van der Waals surface area (Å²) in [7, 11) is 0. The van der Waals surface area contributed by atoms with Gasteiger partial charge in [0, 0.05) is 35.8 Å². The maximum absolute atomic E-state index is 14.8. The van der Waals surface area contributed by atoms with Crippen LogP contribution in [-0.2, 0) is 11.3 Å².